The van der Waals surface area contributed by atoms with Gasteiger partial charge in [-0.15, -0.1) is 0 Å². The maximum Gasteiger partial charge on any atom is 0.193 e. The largest absolute Gasteiger partial charge is 0.352 e. The zero-order valence-electron chi connectivity index (χ0n) is 11.9. The molecule has 0 aromatic heterocycles. The molecule has 0 atom stereocenters. The number of nitrogens with one attached hydrogen (secondary N) is 1. The highest BCUT2D eigenvalue weighted by Crippen LogP contribution is 2.28. The lowest BCUT2D eigenvalue weighted by Crippen LogP contribution is -2.40. The van der Waals surface area contributed by atoms with Gasteiger partial charge in [-0.05, 0) is 29.5 Å². The molecule has 1 fully saturated rings. The van der Waals surface area contributed by atoms with E-state index in [1.165, 1.54) is 12.5 Å². The molecular formula is C15H22FN3. The highest BCUT2D eigenvalue weighted by atomic mass is 19.1. The van der Waals surface area contributed by atoms with Crippen molar-refractivity contribution in [2.75, 3.05) is 20.1 Å². The van der Waals surface area contributed by atoms with E-state index in [-0.39, 0.29) is 5.82 Å². The summed E-state index contributed by atoms with van der Waals surface area (Å²) in [6.45, 7) is 7.17. The van der Waals surface area contributed by atoms with Crippen LogP contribution in [0, 0.1) is 11.2 Å². The minimum absolute atomic E-state index is 0.198. The number of benzene rings is 1. The van der Waals surface area contributed by atoms with E-state index in [2.05, 4.69) is 29.1 Å². The molecule has 1 aromatic carbocycles. The Morgan fingerprint density at radius 3 is 2.84 bits per heavy atom. The molecule has 1 aliphatic rings. The summed E-state index contributed by atoms with van der Waals surface area (Å²) >= 11 is 0. The Kier molecular flexibility index (Phi) is 4.08. The third-order valence-corrected chi connectivity index (χ3v) is 3.53. The summed E-state index contributed by atoms with van der Waals surface area (Å²) in [6, 6.07) is 6.65. The van der Waals surface area contributed by atoms with Gasteiger partial charge in [0.15, 0.2) is 5.96 Å². The highest BCUT2D eigenvalue weighted by Gasteiger charge is 2.30. The first-order valence-electron chi connectivity index (χ1n) is 6.70. The minimum atomic E-state index is -0.198. The van der Waals surface area contributed by atoms with Crippen molar-refractivity contribution in [3.05, 3.63) is 35.6 Å². The van der Waals surface area contributed by atoms with Crippen molar-refractivity contribution in [3.8, 4) is 0 Å². The second-order valence-corrected chi connectivity index (χ2v) is 5.87. The quantitative estimate of drug-likeness (QED) is 0.656. The van der Waals surface area contributed by atoms with E-state index >= 15 is 0 Å². The van der Waals surface area contributed by atoms with E-state index in [0.717, 1.165) is 24.6 Å². The molecule has 0 unspecified atom stereocenters. The molecule has 19 heavy (non-hydrogen) atoms. The van der Waals surface area contributed by atoms with Crippen LogP contribution in [0.2, 0.25) is 0 Å². The monoisotopic (exact) mass is 263 g/mol. The van der Waals surface area contributed by atoms with Crippen molar-refractivity contribution in [3.63, 3.8) is 0 Å². The molecule has 0 spiro atoms. The summed E-state index contributed by atoms with van der Waals surface area (Å²) in [6.07, 6.45) is 1.17. The predicted octanol–water partition coefficient (Wildman–Crippen LogP) is 2.63. The average Bonchev–Trinajstić information content (AvgIpc) is 2.71. The molecule has 1 N–H and O–H groups in total. The van der Waals surface area contributed by atoms with Crippen molar-refractivity contribution in [1.29, 1.82) is 0 Å². The molecular weight excluding hydrogens is 241 g/mol. The molecule has 1 aromatic rings. The van der Waals surface area contributed by atoms with E-state index < -0.39 is 0 Å². The van der Waals surface area contributed by atoms with Crippen molar-refractivity contribution in [2.45, 2.75) is 26.8 Å². The maximum atomic E-state index is 13.1. The van der Waals surface area contributed by atoms with Crippen molar-refractivity contribution < 1.29 is 4.39 Å². The summed E-state index contributed by atoms with van der Waals surface area (Å²) in [5.41, 5.74) is 1.27. The van der Waals surface area contributed by atoms with Crippen LogP contribution in [0.4, 0.5) is 4.39 Å². The van der Waals surface area contributed by atoms with Crippen molar-refractivity contribution >= 4 is 5.96 Å². The van der Waals surface area contributed by atoms with Gasteiger partial charge in [0, 0.05) is 26.7 Å². The smallest absolute Gasteiger partial charge is 0.193 e. The van der Waals surface area contributed by atoms with Crippen LogP contribution in [-0.4, -0.2) is 31.0 Å². The molecule has 1 saturated heterocycles. The van der Waals surface area contributed by atoms with Crippen LogP contribution in [0.1, 0.15) is 25.8 Å². The molecule has 0 bridgehead atoms. The first-order chi connectivity index (χ1) is 9.00. The van der Waals surface area contributed by atoms with E-state index in [9.17, 15) is 4.39 Å². The fraction of sp³-hybridized carbons (Fsp3) is 0.533. The van der Waals surface area contributed by atoms with Gasteiger partial charge in [-0.3, -0.25) is 4.99 Å². The first-order valence-corrected chi connectivity index (χ1v) is 6.70. The Balaban J connectivity index is 1.94. The highest BCUT2D eigenvalue weighted by molar-refractivity contribution is 5.80. The molecule has 1 heterocycles. The number of hydrogen-bond acceptors (Lipinski definition) is 1. The summed E-state index contributed by atoms with van der Waals surface area (Å²) in [7, 11) is 1.79. The molecule has 2 rings (SSSR count). The van der Waals surface area contributed by atoms with Gasteiger partial charge in [-0.25, -0.2) is 4.39 Å². The molecule has 3 nitrogen and oxygen atoms in total. The number of rotatable bonds is 2. The van der Waals surface area contributed by atoms with E-state index in [1.807, 2.05) is 6.07 Å². The summed E-state index contributed by atoms with van der Waals surface area (Å²) in [4.78, 5) is 6.57. The van der Waals surface area contributed by atoms with Crippen LogP contribution in [0.25, 0.3) is 0 Å². The summed E-state index contributed by atoms with van der Waals surface area (Å²) < 4.78 is 13.1. The fourth-order valence-corrected chi connectivity index (χ4v) is 2.45. The fourth-order valence-electron chi connectivity index (χ4n) is 2.45. The lowest BCUT2D eigenvalue weighted by atomic mass is 9.93. The van der Waals surface area contributed by atoms with Crippen molar-refractivity contribution in [2.24, 2.45) is 10.4 Å². The minimum Gasteiger partial charge on any atom is -0.352 e. The Morgan fingerprint density at radius 2 is 2.26 bits per heavy atom. The molecule has 1 aliphatic heterocycles. The van der Waals surface area contributed by atoms with Crippen LogP contribution < -0.4 is 5.32 Å². The van der Waals surface area contributed by atoms with Gasteiger partial charge in [0.05, 0.1) is 0 Å². The number of aliphatic imine (C=N–C) groups is 1. The lowest BCUT2D eigenvalue weighted by molar-refractivity contribution is 0.370. The Hall–Kier alpha value is -1.58. The molecule has 0 amide bonds. The van der Waals surface area contributed by atoms with Crippen LogP contribution in [-0.2, 0) is 6.54 Å². The van der Waals surface area contributed by atoms with Gasteiger partial charge in [-0.2, -0.15) is 0 Å². The van der Waals surface area contributed by atoms with Gasteiger partial charge >= 0.3 is 0 Å². The Bertz CT molecular complexity index is 468. The number of halogens is 1. The number of nitrogens with zero attached hydrogens (tertiary/aromatic N) is 2. The lowest BCUT2D eigenvalue weighted by Gasteiger charge is -2.23. The van der Waals surface area contributed by atoms with Crippen molar-refractivity contribution in [1.82, 2.24) is 10.2 Å². The number of likely N-dealkylation sites (tertiary alicyclic amines) is 1. The van der Waals surface area contributed by atoms with Crippen LogP contribution in [0.15, 0.2) is 29.3 Å². The summed E-state index contributed by atoms with van der Waals surface area (Å²) in [5, 5.41) is 3.30. The molecule has 0 saturated carbocycles. The van der Waals surface area contributed by atoms with E-state index in [0.29, 0.717) is 12.0 Å². The first kappa shape index (κ1) is 13.8. The average molecular weight is 263 g/mol. The second kappa shape index (κ2) is 5.59. The molecule has 4 heteroatoms. The maximum absolute atomic E-state index is 13.1. The molecule has 0 radical (unpaired) electrons. The van der Waals surface area contributed by atoms with Crippen LogP contribution in [0.5, 0.6) is 0 Å². The molecule has 104 valence electrons. The number of hydrogen-bond donors (Lipinski definition) is 1. The standard InChI is InChI=1S/C15H22FN3/c1-15(2)7-8-19(11-15)14(17-3)18-10-12-5-4-6-13(16)9-12/h4-6,9H,7-8,10-11H2,1-3H3,(H,17,18). The van der Waals surface area contributed by atoms with Gasteiger partial charge in [-0.1, -0.05) is 26.0 Å². The van der Waals surface area contributed by atoms with Gasteiger partial charge in [0.25, 0.3) is 0 Å². The summed E-state index contributed by atoms with van der Waals surface area (Å²) in [5.74, 6) is 0.700. The van der Waals surface area contributed by atoms with Gasteiger partial charge in [0.1, 0.15) is 5.82 Å². The van der Waals surface area contributed by atoms with Gasteiger partial charge in [0.2, 0.25) is 0 Å². The zero-order chi connectivity index (χ0) is 13.9. The normalized spacial score (nSPS) is 18.7. The third kappa shape index (κ3) is 3.69. The second-order valence-electron chi connectivity index (χ2n) is 5.87. The Morgan fingerprint density at radius 1 is 1.47 bits per heavy atom. The van der Waals surface area contributed by atoms with Gasteiger partial charge < -0.3 is 10.2 Å². The predicted molar refractivity (Wildman–Crippen MR) is 76.6 cm³/mol. The topological polar surface area (TPSA) is 27.6 Å². The van der Waals surface area contributed by atoms with Crippen LogP contribution in [0.3, 0.4) is 0 Å². The van der Waals surface area contributed by atoms with E-state index in [4.69, 9.17) is 0 Å². The number of guanidine groups is 1. The SMILES string of the molecule is CN=C(NCc1cccc(F)c1)N1CCC(C)(C)C1. The Labute approximate surface area is 114 Å². The van der Waals surface area contributed by atoms with E-state index in [1.54, 1.807) is 19.2 Å². The van der Waals surface area contributed by atoms with Crippen LogP contribution >= 0.6 is 0 Å². The third-order valence-electron chi connectivity index (χ3n) is 3.53. The molecule has 0 aliphatic carbocycles. The zero-order valence-corrected chi connectivity index (χ0v) is 11.9.